The Hall–Kier alpha value is -1.38. The van der Waals surface area contributed by atoms with Gasteiger partial charge in [0.1, 0.15) is 5.82 Å². The molecule has 3 heteroatoms. The van der Waals surface area contributed by atoms with Crippen molar-refractivity contribution < 1.29 is 5.82 Å². The third-order valence-corrected chi connectivity index (χ3v) is 1.64. The first kappa shape index (κ1) is 12.6. The fraction of sp³-hybridized carbons (Fsp3) is 0.364. The van der Waals surface area contributed by atoms with Crippen molar-refractivity contribution in [2.45, 2.75) is 27.7 Å². The number of rotatable bonds is 1. The summed E-state index contributed by atoms with van der Waals surface area (Å²) in [5.74, 6) is -0.417. The molecule has 1 aromatic carbocycles. The Kier molecular flexibility index (Phi) is 4.84. The molecule has 0 amide bonds. The Labute approximate surface area is 85.9 Å². The van der Waals surface area contributed by atoms with Crippen LogP contribution in [-0.2, 0) is 0 Å². The number of hydrogen-bond acceptors (Lipinski definition) is 2. The molecule has 1 aromatic rings. The summed E-state index contributed by atoms with van der Waals surface area (Å²) in [4.78, 5) is 0. The Morgan fingerprint density at radius 1 is 1.43 bits per heavy atom. The molecule has 0 radical (unpaired) electrons. The lowest BCUT2D eigenvalue weighted by molar-refractivity contribution is 0.624. The third-order valence-electron chi connectivity index (χ3n) is 1.64. The molecule has 0 aliphatic heterocycles. The number of hydrogen-bond donors (Lipinski definition) is 2. The van der Waals surface area contributed by atoms with Crippen LogP contribution in [-0.4, -0.2) is 5.71 Å². The van der Waals surface area contributed by atoms with E-state index in [-0.39, 0.29) is 12.7 Å². The van der Waals surface area contributed by atoms with Gasteiger partial charge in [0.15, 0.2) is 0 Å². The van der Waals surface area contributed by atoms with Crippen molar-refractivity contribution >= 4 is 11.4 Å². The van der Waals surface area contributed by atoms with Crippen molar-refractivity contribution in [2.75, 3.05) is 5.73 Å². The Morgan fingerprint density at radius 2 is 1.93 bits per heavy atom. The molecule has 3 N–H and O–H groups in total. The average Bonchev–Trinajstić information content (AvgIpc) is 2.04. The predicted octanol–water partition coefficient (Wildman–Crippen LogP) is 3.38. The maximum absolute atomic E-state index is 13.1. The van der Waals surface area contributed by atoms with E-state index in [4.69, 9.17) is 11.1 Å². The van der Waals surface area contributed by atoms with Gasteiger partial charge in [-0.25, -0.2) is 4.39 Å². The number of nitrogen functional groups attached to an aromatic ring is 1. The molecule has 1 rings (SSSR count). The molecule has 0 spiro atoms. The van der Waals surface area contributed by atoms with Crippen LogP contribution in [0.5, 0.6) is 0 Å². The molecule has 14 heavy (non-hydrogen) atoms. The van der Waals surface area contributed by atoms with E-state index < -0.39 is 5.82 Å². The van der Waals surface area contributed by atoms with Crippen molar-refractivity contribution in [3.05, 3.63) is 29.1 Å². The highest BCUT2D eigenvalue weighted by Crippen LogP contribution is 2.18. The number of nitrogens with two attached hydrogens (primary N) is 1. The normalized spacial score (nSPS) is 8.93. The lowest BCUT2D eigenvalue weighted by Crippen LogP contribution is -2.03. The van der Waals surface area contributed by atoms with Crippen molar-refractivity contribution in [3.8, 4) is 0 Å². The molecule has 0 unspecified atom stereocenters. The first-order valence-corrected chi connectivity index (χ1v) is 4.63. The summed E-state index contributed by atoms with van der Waals surface area (Å²) in [5.41, 5.74) is 7.02. The number of halogens is 1. The second kappa shape index (κ2) is 5.37. The number of benzene rings is 1. The van der Waals surface area contributed by atoms with Crippen molar-refractivity contribution in [1.82, 2.24) is 0 Å². The van der Waals surface area contributed by atoms with Crippen molar-refractivity contribution in [2.24, 2.45) is 0 Å². The van der Waals surface area contributed by atoms with E-state index in [1.807, 2.05) is 13.8 Å². The molecule has 0 fully saturated rings. The zero-order valence-electron chi connectivity index (χ0n) is 9.11. The van der Waals surface area contributed by atoms with Gasteiger partial charge in [0.25, 0.3) is 0 Å². The summed E-state index contributed by atoms with van der Waals surface area (Å²) in [6.45, 7) is 7.28. The van der Waals surface area contributed by atoms with Gasteiger partial charge in [-0.3, -0.25) is 0 Å². The first-order chi connectivity index (χ1) is 6.52. The van der Waals surface area contributed by atoms with Crippen molar-refractivity contribution in [1.29, 1.82) is 5.41 Å². The zero-order chi connectivity index (χ0) is 11.3. The number of nitrogens with one attached hydrogen (secondary N) is 1. The van der Waals surface area contributed by atoms with Gasteiger partial charge in [-0.2, -0.15) is 0 Å². The van der Waals surface area contributed by atoms with Gasteiger partial charge in [0.05, 0.1) is 5.56 Å². The molecule has 2 nitrogen and oxygen atoms in total. The van der Waals surface area contributed by atoms with Crippen LogP contribution in [0.1, 0.15) is 33.3 Å². The molecular weight excluding hydrogens is 179 g/mol. The zero-order valence-corrected chi connectivity index (χ0v) is 9.11. The van der Waals surface area contributed by atoms with Gasteiger partial charge in [0.2, 0.25) is 0 Å². The fourth-order valence-corrected chi connectivity index (χ4v) is 1.16. The first-order valence-electron chi connectivity index (χ1n) is 4.63. The van der Waals surface area contributed by atoms with E-state index in [1.165, 1.54) is 13.0 Å². The standard InChI is InChI=1S/C9H11FN2.C2H6.H2/c1-5-3-7(10)9(6(2)11)8(12)4-5;1-2;/h3-4,11H,12H2,1-2H3;1-2H3;1H. The molecule has 0 aliphatic rings. The van der Waals surface area contributed by atoms with E-state index in [0.717, 1.165) is 5.56 Å². The average molecular weight is 198 g/mol. The Bertz CT molecular complexity index is 314. The van der Waals surface area contributed by atoms with Gasteiger partial charge in [-0.1, -0.05) is 13.8 Å². The SMILES string of the molecule is CC.CC(=N)c1c(N)cc(C)cc1F.[HH]. The summed E-state index contributed by atoms with van der Waals surface area (Å²) in [6.07, 6.45) is 0. The Balaban J connectivity index is 0. The van der Waals surface area contributed by atoms with E-state index >= 15 is 0 Å². The summed E-state index contributed by atoms with van der Waals surface area (Å²) in [5, 5.41) is 7.27. The minimum absolute atomic E-state index is 0. The highest BCUT2D eigenvalue weighted by atomic mass is 19.1. The minimum atomic E-state index is -0.417. The highest BCUT2D eigenvalue weighted by Gasteiger charge is 2.08. The van der Waals surface area contributed by atoms with Crippen LogP contribution in [0.4, 0.5) is 10.1 Å². The van der Waals surface area contributed by atoms with E-state index in [1.54, 1.807) is 13.0 Å². The molecule has 0 saturated heterocycles. The maximum Gasteiger partial charge on any atom is 0.134 e. The molecule has 80 valence electrons. The van der Waals surface area contributed by atoms with Crippen LogP contribution in [0.25, 0.3) is 0 Å². The second-order valence-electron chi connectivity index (χ2n) is 2.84. The van der Waals surface area contributed by atoms with Crippen LogP contribution in [0, 0.1) is 18.2 Å². The van der Waals surface area contributed by atoms with Gasteiger partial charge in [-0.15, -0.1) is 0 Å². The molecular formula is C11H19FN2. The lowest BCUT2D eigenvalue weighted by atomic mass is 10.1. The summed E-state index contributed by atoms with van der Waals surface area (Å²) < 4.78 is 13.1. The molecule has 0 atom stereocenters. The van der Waals surface area contributed by atoms with E-state index in [9.17, 15) is 4.39 Å². The van der Waals surface area contributed by atoms with Crippen LogP contribution < -0.4 is 5.73 Å². The van der Waals surface area contributed by atoms with Crippen LogP contribution in [0.3, 0.4) is 0 Å². The largest absolute Gasteiger partial charge is 0.398 e. The predicted molar refractivity (Wildman–Crippen MR) is 61.5 cm³/mol. The van der Waals surface area contributed by atoms with Crippen LogP contribution in [0.2, 0.25) is 0 Å². The molecule has 0 aliphatic carbocycles. The van der Waals surface area contributed by atoms with E-state index in [2.05, 4.69) is 0 Å². The van der Waals surface area contributed by atoms with Gasteiger partial charge in [-0.05, 0) is 31.5 Å². The van der Waals surface area contributed by atoms with Gasteiger partial charge >= 0.3 is 0 Å². The second-order valence-corrected chi connectivity index (χ2v) is 2.84. The quantitative estimate of drug-likeness (QED) is 0.527. The smallest absolute Gasteiger partial charge is 0.134 e. The number of anilines is 1. The van der Waals surface area contributed by atoms with Gasteiger partial charge < -0.3 is 11.1 Å². The van der Waals surface area contributed by atoms with Crippen LogP contribution >= 0.6 is 0 Å². The van der Waals surface area contributed by atoms with Crippen LogP contribution in [0.15, 0.2) is 12.1 Å². The maximum atomic E-state index is 13.1. The molecule has 0 aromatic heterocycles. The molecule has 0 heterocycles. The monoisotopic (exact) mass is 198 g/mol. The van der Waals surface area contributed by atoms with Gasteiger partial charge in [0, 0.05) is 12.8 Å². The molecule has 0 bridgehead atoms. The van der Waals surface area contributed by atoms with E-state index in [0.29, 0.717) is 5.69 Å². The fourth-order valence-electron chi connectivity index (χ4n) is 1.16. The number of aryl methyl sites for hydroxylation is 1. The highest BCUT2D eigenvalue weighted by molar-refractivity contribution is 6.01. The topological polar surface area (TPSA) is 49.9 Å². The van der Waals surface area contributed by atoms with Crippen molar-refractivity contribution in [3.63, 3.8) is 0 Å². The molecule has 0 saturated carbocycles. The summed E-state index contributed by atoms with van der Waals surface area (Å²) in [7, 11) is 0. The third kappa shape index (κ3) is 2.83. The minimum Gasteiger partial charge on any atom is -0.398 e. The summed E-state index contributed by atoms with van der Waals surface area (Å²) in [6, 6.07) is 3.04. The Morgan fingerprint density at radius 3 is 2.29 bits per heavy atom. The lowest BCUT2D eigenvalue weighted by Gasteiger charge is -2.05. The summed E-state index contributed by atoms with van der Waals surface area (Å²) >= 11 is 0.